The minimum absolute atomic E-state index is 0.567. The molecule has 7 rings (SSSR count). The molecule has 1 aromatic carbocycles. The molecule has 6 aliphatic carbocycles. The highest BCUT2D eigenvalue weighted by atomic mass is 14.7. The molecule has 0 N–H and O–H groups in total. The first-order valence-corrected chi connectivity index (χ1v) is 12.2. The summed E-state index contributed by atoms with van der Waals surface area (Å²) in [4.78, 5) is 0. The highest BCUT2D eigenvalue weighted by Crippen LogP contribution is 2.75. The van der Waals surface area contributed by atoms with Gasteiger partial charge in [0, 0.05) is 6.07 Å². The zero-order valence-electron chi connectivity index (χ0n) is 19.7. The van der Waals surface area contributed by atoms with Crippen molar-refractivity contribution in [3.8, 4) is 0 Å². The van der Waals surface area contributed by atoms with Crippen LogP contribution < -0.4 is 0 Å². The smallest absolute Gasteiger partial charge is 0.106 e. The number of rotatable bonds is 0. The molecule has 0 spiro atoms. The normalized spacial score (nSPS) is 37.5. The van der Waals surface area contributed by atoms with Crippen LogP contribution in [0.2, 0.25) is 0 Å². The molecule has 30 heavy (non-hydrogen) atoms. The summed E-state index contributed by atoms with van der Waals surface area (Å²) in [5.74, 6) is 6.06. The summed E-state index contributed by atoms with van der Waals surface area (Å²) in [6.45, 7) is 16.2. The molecule has 0 radical (unpaired) electrons. The van der Waals surface area contributed by atoms with Gasteiger partial charge in [0.1, 0.15) is 12.0 Å². The third-order valence-electron chi connectivity index (χ3n) is 9.49. The number of allylic oxidation sites excluding steroid dienone is 3. The van der Waals surface area contributed by atoms with Crippen molar-refractivity contribution in [3.63, 3.8) is 0 Å². The molecule has 4 bridgehead atoms. The zero-order valence-corrected chi connectivity index (χ0v) is 19.7. The second-order valence-electron chi connectivity index (χ2n) is 11.3. The zero-order chi connectivity index (χ0) is 21.5. The van der Waals surface area contributed by atoms with E-state index < -0.39 is 0 Å². The fourth-order valence-electron chi connectivity index (χ4n) is 7.23. The second-order valence-corrected chi connectivity index (χ2v) is 11.3. The Morgan fingerprint density at radius 3 is 1.83 bits per heavy atom. The van der Waals surface area contributed by atoms with E-state index in [1.165, 1.54) is 43.2 Å². The first-order chi connectivity index (χ1) is 14.4. The van der Waals surface area contributed by atoms with E-state index in [4.69, 9.17) is 0 Å². The lowest BCUT2D eigenvalue weighted by Gasteiger charge is -2.52. The van der Waals surface area contributed by atoms with E-state index in [2.05, 4.69) is 89.4 Å². The molecule has 4 saturated carbocycles. The number of fused-ring (bicyclic) bond motifs is 10. The Hall–Kier alpha value is -1.65. The van der Waals surface area contributed by atoms with Crippen molar-refractivity contribution in [2.24, 2.45) is 46.3 Å². The van der Waals surface area contributed by atoms with Crippen molar-refractivity contribution in [1.82, 2.24) is 0 Å². The van der Waals surface area contributed by atoms with Crippen molar-refractivity contribution in [2.45, 2.75) is 66.2 Å². The van der Waals surface area contributed by atoms with Crippen LogP contribution in [0.4, 0.5) is 0 Å². The quantitative estimate of drug-likeness (QED) is 0.234. The summed E-state index contributed by atoms with van der Waals surface area (Å²) in [6.07, 6.45) is 18.8. The molecular weight excluding hydrogens is 360 g/mol. The van der Waals surface area contributed by atoms with Crippen LogP contribution in [-0.2, 0) is 6.42 Å². The molecule has 1 aromatic rings. The SMILES string of the molecule is C1CC1.C=C.CC1(C)C2CC(C3C4C=CC(C4)C32)C1(C)C.[C+]1=Cc2ccccc2C1. The van der Waals surface area contributed by atoms with Crippen molar-refractivity contribution in [1.29, 1.82) is 0 Å². The molecule has 0 aromatic heterocycles. The Morgan fingerprint density at radius 2 is 1.33 bits per heavy atom. The average molecular weight is 402 g/mol. The highest BCUT2D eigenvalue weighted by molar-refractivity contribution is 5.57. The fraction of sp³-hybridized carbons (Fsp3) is 0.600. The minimum atomic E-state index is 0.567. The van der Waals surface area contributed by atoms with E-state index in [0.29, 0.717) is 10.8 Å². The maximum absolute atomic E-state index is 3.16. The van der Waals surface area contributed by atoms with Gasteiger partial charge in [0.25, 0.3) is 0 Å². The van der Waals surface area contributed by atoms with Gasteiger partial charge in [0.2, 0.25) is 0 Å². The van der Waals surface area contributed by atoms with Gasteiger partial charge >= 0.3 is 0 Å². The fourth-order valence-corrected chi connectivity index (χ4v) is 7.23. The molecule has 0 nitrogen and oxygen atoms in total. The van der Waals surface area contributed by atoms with Crippen LogP contribution in [0.1, 0.15) is 70.9 Å². The lowest BCUT2D eigenvalue weighted by Crippen LogP contribution is -2.47. The number of benzene rings is 1. The molecule has 160 valence electrons. The predicted molar refractivity (Wildman–Crippen MR) is 130 cm³/mol. The standard InChI is InChI=1S/C16H24.C9H7.C3H6.C2H4/c1-15(2)11-8-12(16(15,3)4)14-10-6-5-9(7-10)13(11)14;1-2-5-9-7-3-6-8(9)4-1;1-2-3-1;1-2/h5-6,9-14H,7-8H2,1-4H3;1-2,4-6H,7H2;1-3H2;1-2H2/q;+1;;. The molecule has 0 aliphatic heterocycles. The van der Waals surface area contributed by atoms with Crippen LogP contribution in [0.5, 0.6) is 0 Å². The third-order valence-corrected chi connectivity index (χ3v) is 9.49. The van der Waals surface area contributed by atoms with Crippen molar-refractivity contribution in [2.75, 3.05) is 0 Å². The molecule has 4 fully saturated rings. The van der Waals surface area contributed by atoms with Crippen LogP contribution in [0, 0.1) is 52.4 Å². The Bertz CT molecular complexity index is 768. The van der Waals surface area contributed by atoms with Gasteiger partial charge in [-0.15, -0.1) is 13.2 Å². The van der Waals surface area contributed by atoms with E-state index in [1.54, 1.807) is 0 Å². The minimum Gasteiger partial charge on any atom is -0.106 e. The summed E-state index contributed by atoms with van der Waals surface area (Å²) in [7, 11) is 0. The molecule has 0 heterocycles. The van der Waals surface area contributed by atoms with Gasteiger partial charge in [0.15, 0.2) is 6.08 Å². The van der Waals surface area contributed by atoms with Crippen molar-refractivity contribution < 1.29 is 0 Å². The maximum atomic E-state index is 3.16. The molecule has 0 heteroatoms. The highest BCUT2D eigenvalue weighted by Gasteiger charge is 2.69. The van der Waals surface area contributed by atoms with Gasteiger partial charge in [-0.05, 0) is 71.3 Å². The van der Waals surface area contributed by atoms with Crippen LogP contribution in [0.3, 0.4) is 0 Å². The first kappa shape index (κ1) is 21.6. The van der Waals surface area contributed by atoms with E-state index in [-0.39, 0.29) is 0 Å². The Balaban J connectivity index is 0.000000131. The lowest BCUT2D eigenvalue weighted by molar-refractivity contribution is -0.0349. The summed E-state index contributed by atoms with van der Waals surface area (Å²) < 4.78 is 0. The summed E-state index contributed by atoms with van der Waals surface area (Å²) in [5.41, 5.74) is 3.86. The van der Waals surface area contributed by atoms with Gasteiger partial charge in [-0.25, -0.2) is 0 Å². The molecule has 6 unspecified atom stereocenters. The van der Waals surface area contributed by atoms with Gasteiger partial charge in [-0.2, -0.15) is 0 Å². The van der Waals surface area contributed by atoms with E-state index in [9.17, 15) is 0 Å². The largest absolute Gasteiger partial charge is 0.163 e. The molecular formula is C30H41+. The lowest BCUT2D eigenvalue weighted by atomic mass is 9.52. The number of hydrogen-bond acceptors (Lipinski definition) is 0. The van der Waals surface area contributed by atoms with Crippen LogP contribution in [-0.4, -0.2) is 0 Å². The van der Waals surface area contributed by atoms with Crippen LogP contribution >= 0.6 is 0 Å². The first-order valence-electron chi connectivity index (χ1n) is 12.2. The third kappa shape index (κ3) is 3.42. The Labute approximate surface area is 185 Å². The van der Waals surface area contributed by atoms with Crippen LogP contribution in [0.25, 0.3) is 6.08 Å². The second kappa shape index (κ2) is 8.12. The van der Waals surface area contributed by atoms with E-state index >= 15 is 0 Å². The van der Waals surface area contributed by atoms with E-state index in [0.717, 1.165) is 41.9 Å². The summed E-state index contributed by atoms with van der Waals surface area (Å²) in [6, 6.07) is 8.39. The van der Waals surface area contributed by atoms with Gasteiger partial charge in [-0.3, -0.25) is 0 Å². The Kier molecular flexibility index (Phi) is 5.84. The van der Waals surface area contributed by atoms with E-state index in [1.807, 2.05) is 0 Å². The Morgan fingerprint density at radius 1 is 0.800 bits per heavy atom. The maximum Gasteiger partial charge on any atom is 0.163 e. The average Bonchev–Trinajstić information content (AvgIpc) is 3.13. The van der Waals surface area contributed by atoms with Crippen molar-refractivity contribution in [3.05, 3.63) is 66.8 Å². The van der Waals surface area contributed by atoms with Gasteiger partial charge in [0.05, 0.1) is 11.6 Å². The predicted octanol–water partition coefficient (Wildman–Crippen LogP) is 8.16. The monoisotopic (exact) mass is 401 g/mol. The molecule has 0 amide bonds. The number of hydrogen-bond donors (Lipinski definition) is 0. The van der Waals surface area contributed by atoms with Gasteiger partial charge < -0.3 is 0 Å². The molecule has 6 atom stereocenters. The van der Waals surface area contributed by atoms with Crippen LogP contribution in [0.15, 0.2) is 49.6 Å². The summed E-state index contributed by atoms with van der Waals surface area (Å²) in [5, 5.41) is 0. The molecule has 6 aliphatic rings. The van der Waals surface area contributed by atoms with Gasteiger partial charge in [-0.1, -0.05) is 65.2 Å². The molecule has 0 saturated heterocycles. The summed E-state index contributed by atoms with van der Waals surface area (Å²) >= 11 is 0. The topological polar surface area (TPSA) is 0 Å². The van der Waals surface area contributed by atoms with Crippen molar-refractivity contribution >= 4 is 6.08 Å².